The maximum Gasteiger partial charge on any atom is 0.271 e. The number of aromatic amines is 1. The summed E-state index contributed by atoms with van der Waals surface area (Å²) in [6.07, 6.45) is 0.888. The highest BCUT2D eigenvalue weighted by Crippen LogP contribution is 2.22. The van der Waals surface area contributed by atoms with Crippen LogP contribution in [0.2, 0.25) is 0 Å². The van der Waals surface area contributed by atoms with Crippen LogP contribution in [0, 0.1) is 11.3 Å². The molecular weight excluding hydrogens is 430 g/mol. The average molecular weight is 450 g/mol. The molecule has 1 aliphatic heterocycles. The van der Waals surface area contributed by atoms with Gasteiger partial charge in [0.15, 0.2) is 0 Å². The molecule has 0 unspecified atom stereocenters. The number of carbonyl (C=O) groups is 1. The molecule has 1 fully saturated rings. The molecule has 0 atom stereocenters. The zero-order chi connectivity index (χ0) is 20.2. The number of benzene rings is 2. The van der Waals surface area contributed by atoms with Crippen LogP contribution >= 0.6 is 15.9 Å². The van der Waals surface area contributed by atoms with Crippen molar-refractivity contribution in [3.05, 3.63) is 70.3 Å². The maximum absolute atomic E-state index is 13.0. The predicted molar refractivity (Wildman–Crippen MR) is 116 cm³/mol. The second-order valence-corrected chi connectivity index (χ2v) is 7.88. The molecule has 1 N–H and O–H groups in total. The van der Waals surface area contributed by atoms with Crippen LogP contribution in [0.5, 0.6) is 0 Å². The molecular formula is C22H20BrN5O. The van der Waals surface area contributed by atoms with Crippen LogP contribution in [0.4, 0.5) is 5.69 Å². The highest BCUT2D eigenvalue weighted by Gasteiger charge is 2.22. The Morgan fingerprint density at radius 3 is 2.52 bits per heavy atom. The Kier molecular flexibility index (Phi) is 5.63. The summed E-state index contributed by atoms with van der Waals surface area (Å²) >= 11 is 3.43. The number of nitriles is 1. The lowest BCUT2D eigenvalue weighted by Gasteiger charge is -2.23. The van der Waals surface area contributed by atoms with Crippen molar-refractivity contribution >= 4 is 27.5 Å². The first-order valence-electron chi connectivity index (χ1n) is 9.50. The first-order chi connectivity index (χ1) is 14.1. The standard InChI is InChI=1S/C22H20BrN5O/c23-18-6-4-17(5-7-18)20-14-21(26-25-20)22(29)28-11-1-10-27(12-13-28)19-8-2-16(15-24)3-9-19/h2-9,14H,1,10-13H2,(H,25,26). The van der Waals surface area contributed by atoms with E-state index in [-0.39, 0.29) is 5.91 Å². The molecule has 3 aromatic rings. The molecule has 2 heterocycles. The number of rotatable bonds is 3. The van der Waals surface area contributed by atoms with Crippen LogP contribution in [0.25, 0.3) is 11.3 Å². The highest BCUT2D eigenvalue weighted by molar-refractivity contribution is 9.10. The maximum atomic E-state index is 13.0. The van der Waals surface area contributed by atoms with Gasteiger partial charge in [0.05, 0.1) is 17.3 Å². The van der Waals surface area contributed by atoms with E-state index < -0.39 is 0 Å². The molecule has 0 aliphatic carbocycles. The molecule has 1 saturated heterocycles. The van der Waals surface area contributed by atoms with E-state index in [1.54, 1.807) is 0 Å². The van der Waals surface area contributed by atoms with Crippen molar-refractivity contribution in [2.45, 2.75) is 6.42 Å². The second-order valence-electron chi connectivity index (χ2n) is 6.97. The van der Waals surface area contributed by atoms with Crippen molar-refractivity contribution in [1.82, 2.24) is 15.1 Å². The molecule has 4 rings (SSSR count). The van der Waals surface area contributed by atoms with Crippen molar-refractivity contribution in [3.63, 3.8) is 0 Å². The Labute approximate surface area is 177 Å². The van der Waals surface area contributed by atoms with E-state index in [0.717, 1.165) is 40.9 Å². The number of halogens is 1. The van der Waals surface area contributed by atoms with E-state index in [4.69, 9.17) is 5.26 Å². The van der Waals surface area contributed by atoms with Gasteiger partial charge in [0, 0.05) is 41.9 Å². The summed E-state index contributed by atoms with van der Waals surface area (Å²) in [6.45, 7) is 2.98. The molecule has 1 amide bonds. The van der Waals surface area contributed by atoms with E-state index >= 15 is 0 Å². The number of H-pyrrole nitrogens is 1. The molecule has 0 radical (unpaired) electrons. The van der Waals surface area contributed by atoms with Gasteiger partial charge in [-0.1, -0.05) is 28.1 Å². The van der Waals surface area contributed by atoms with Crippen molar-refractivity contribution in [3.8, 4) is 17.3 Å². The summed E-state index contributed by atoms with van der Waals surface area (Å²) in [5, 5.41) is 16.2. The van der Waals surface area contributed by atoms with E-state index in [0.29, 0.717) is 24.3 Å². The first-order valence-corrected chi connectivity index (χ1v) is 10.3. The topological polar surface area (TPSA) is 76.0 Å². The van der Waals surface area contributed by atoms with E-state index in [1.165, 1.54) is 0 Å². The molecule has 7 heteroatoms. The van der Waals surface area contributed by atoms with Gasteiger partial charge < -0.3 is 9.80 Å². The Morgan fingerprint density at radius 1 is 1.03 bits per heavy atom. The lowest BCUT2D eigenvalue weighted by Crippen LogP contribution is -2.35. The molecule has 2 aromatic carbocycles. The first kappa shape index (κ1) is 19.2. The van der Waals surface area contributed by atoms with Gasteiger partial charge in [0.1, 0.15) is 5.69 Å². The number of hydrogen-bond donors (Lipinski definition) is 1. The van der Waals surface area contributed by atoms with Gasteiger partial charge >= 0.3 is 0 Å². The van der Waals surface area contributed by atoms with Gasteiger partial charge in [-0.15, -0.1) is 0 Å². The molecule has 1 aliphatic rings. The SMILES string of the molecule is N#Cc1ccc(N2CCCN(C(=O)c3cc(-c4ccc(Br)cc4)n[nH]3)CC2)cc1. The second kappa shape index (κ2) is 8.50. The van der Waals surface area contributed by atoms with Gasteiger partial charge in [0.2, 0.25) is 0 Å². The van der Waals surface area contributed by atoms with Gasteiger partial charge in [-0.2, -0.15) is 10.4 Å². The van der Waals surface area contributed by atoms with Gasteiger partial charge in [-0.05, 0) is 48.9 Å². The molecule has 1 aromatic heterocycles. The Hall–Kier alpha value is -3.11. The van der Waals surface area contributed by atoms with E-state index in [9.17, 15) is 4.79 Å². The smallest absolute Gasteiger partial charge is 0.271 e. The van der Waals surface area contributed by atoms with Crippen molar-refractivity contribution < 1.29 is 4.79 Å². The predicted octanol–water partition coefficient (Wildman–Crippen LogP) is 4.06. The van der Waals surface area contributed by atoms with Gasteiger partial charge in [0.25, 0.3) is 5.91 Å². The van der Waals surface area contributed by atoms with Crippen molar-refractivity contribution in [2.75, 3.05) is 31.1 Å². The van der Waals surface area contributed by atoms with Crippen LogP contribution < -0.4 is 4.90 Å². The molecule has 0 saturated carbocycles. The summed E-state index contributed by atoms with van der Waals surface area (Å²) in [5.41, 5.74) is 3.97. The number of nitrogens with one attached hydrogen (secondary N) is 1. The number of hydrogen-bond acceptors (Lipinski definition) is 4. The third-order valence-corrected chi connectivity index (χ3v) is 5.62. The summed E-state index contributed by atoms with van der Waals surface area (Å²) < 4.78 is 1.00. The third-order valence-electron chi connectivity index (χ3n) is 5.09. The van der Waals surface area contributed by atoms with Crippen LogP contribution in [-0.4, -0.2) is 47.2 Å². The Morgan fingerprint density at radius 2 is 1.79 bits per heavy atom. The molecule has 0 spiro atoms. The van der Waals surface area contributed by atoms with Crippen LogP contribution in [0.1, 0.15) is 22.5 Å². The molecule has 29 heavy (non-hydrogen) atoms. The molecule has 6 nitrogen and oxygen atoms in total. The largest absolute Gasteiger partial charge is 0.370 e. The average Bonchev–Trinajstić information content (AvgIpc) is 3.12. The summed E-state index contributed by atoms with van der Waals surface area (Å²) in [5.74, 6) is -0.0254. The van der Waals surface area contributed by atoms with Crippen LogP contribution in [0.15, 0.2) is 59.1 Å². The molecule has 0 bridgehead atoms. The van der Waals surface area contributed by atoms with E-state index in [1.807, 2.05) is 59.5 Å². The fraction of sp³-hybridized carbons (Fsp3) is 0.227. The lowest BCUT2D eigenvalue weighted by atomic mass is 10.1. The number of amides is 1. The van der Waals surface area contributed by atoms with Gasteiger partial charge in [-0.3, -0.25) is 9.89 Å². The lowest BCUT2D eigenvalue weighted by molar-refractivity contribution is 0.0761. The Bertz CT molecular complexity index is 1040. The van der Waals surface area contributed by atoms with Crippen molar-refractivity contribution in [1.29, 1.82) is 5.26 Å². The quantitative estimate of drug-likeness (QED) is 0.653. The van der Waals surface area contributed by atoms with Gasteiger partial charge in [-0.25, -0.2) is 0 Å². The normalized spacial score (nSPS) is 14.3. The summed E-state index contributed by atoms with van der Waals surface area (Å²) in [7, 11) is 0. The zero-order valence-electron chi connectivity index (χ0n) is 15.8. The molecule has 146 valence electrons. The number of anilines is 1. The number of nitrogens with zero attached hydrogens (tertiary/aromatic N) is 4. The monoisotopic (exact) mass is 449 g/mol. The summed E-state index contributed by atoms with van der Waals surface area (Å²) in [4.78, 5) is 17.1. The fourth-order valence-electron chi connectivity index (χ4n) is 3.50. The minimum absolute atomic E-state index is 0.0254. The minimum atomic E-state index is -0.0254. The number of carbonyl (C=O) groups excluding carboxylic acids is 1. The third kappa shape index (κ3) is 4.33. The zero-order valence-corrected chi connectivity index (χ0v) is 17.4. The fourth-order valence-corrected chi connectivity index (χ4v) is 3.76. The van der Waals surface area contributed by atoms with Crippen LogP contribution in [0.3, 0.4) is 0 Å². The highest BCUT2D eigenvalue weighted by atomic mass is 79.9. The summed E-state index contributed by atoms with van der Waals surface area (Å²) in [6, 6.07) is 19.4. The Balaban J connectivity index is 1.43. The van der Waals surface area contributed by atoms with E-state index in [2.05, 4.69) is 37.1 Å². The van der Waals surface area contributed by atoms with Crippen molar-refractivity contribution in [2.24, 2.45) is 0 Å². The number of aromatic nitrogens is 2. The van der Waals surface area contributed by atoms with Crippen LogP contribution in [-0.2, 0) is 0 Å². The minimum Gasteiger partial charge on any atom is -0.370 e.